The number of methoxy groups -OCH3 is 1. The number of amides is 1. The van der Waals surface area contributed by atoms with Crippen molar-refractivity contribution < 1.29 is 37.0 Å². The van der Waals surface area contributed by atoms with Gasteiger partial charge >= 0.3 is 24.0 Å². The van der Waals surface area contributed by atoms with E-state index in [-0.39, 0.29) is 0 Å². The van der Waals surface area contributed by atoms with Crippen LogP contribution in [0.1, 0.15) is 13.8 Å². The largest absolute Gasteiger partial charge is 0.471 e. The lowest BCUT2D eigenvalue weighted by Crippen LogP contribution is -2.49. The zero-order valence-corrected chi connectivity index (χ0v) is 10.5. The lowest BCUT2D eigenvalue weighted by Gasteiger charge is -2.17. The average molecular weight is 285 g/mol. The van der Waals surface area contributed by atoms with Crippen molar-refractivity contribution in [3.05, 3.63) is 0 Å². The highest BCUT2D eigenvalue weighted by Gasteiger charge is 2.41. The average Bonchev–Trinajstić information content (AvgIpc) is 2.31. The van der Waals surface area contributed by atoms with Gasteiger partial charge in [0.1, 0.15) is 6.61 Å². The topological polar surface area (TPSA) is 81.7 Å². The predicted molar refractivity (Wildman–Crippen MR) is 55.8 cm³/mol. The first kappa shape index (κ1) is 17.2. The Morgan fingerprint density at radius 3 is 2.05 bits per heavy atom. The molecule has 110 valence electrons. The summed E-state index contributed by atoms with van der Waals surface area (Å²) in [7, 11) is 0.930. The van der Waals surface area contributed by atoms with Crippen molar-refractivity contribution in [3.63, 3.8) is 0 Å². The van der Waals surface area contributed by atoms with E-state index >= 15 is 0 Å². The molecule has 0 aliphatic rings. The van der Waals surface area contributed by atoms with Gasteiger partial charge in [0.15, 0.2) is 6.04 Å². The Bertz CT molecular complexity index is 354. The number of carbonyl (C=O) groups is 3. The van der Waals surface area contributed by atoms with Crippen LogP contribution in [-0.4, -0.2) is 43.8 Å². The number of nitrogens with one attached hydrogen (secondary N) is 1. The molecule has 0 saturated heterocycles. The molecule has 0 aromatic heterocycles. The summed E-state index contributed by atoms with van der Waals surface area (Å²) in [4.78, 5) is 33.0. The number of alkyl halides is 3. The highest BCUT2D eigenvalue weighted by Crippen LogP contribution is 2.14. The number of rotatable bonds is 5. The molecule has 0 radical (unpaired) electrons. The van der Waals surface area contributed by atoms with Crippen LogP contribution in [0.4, 0.5) is 13.2 Å². The highest BCUT2D eigenvalue weighted by molar-refractivity contribution is 5.87. The fourth-order valence-electron chi connectivity index (χ4n) is 0.883. The molecule has 1 unspecified atom stereocenters. The summed E-state index contributed by atoms with van der Waals surface area (Å²) >= 11 is 0. The van der Waals surface area contributed by atoms with E-state index in [1.54, 1.807) is 0 Å². The summed E-state index contributed by atoms with van der Waals surface area (Å²) in [6.07, 6.45) is -5.14. The number of esters is 2. The Hall–Kier alpha value is -1.80. The van der Waals surface area contributed by atoms with Gasteiger partial charge in [-0.05, 0) is 0 Å². The third-order valence-corrected chi connectivity index (χ3v) is 1.91. The smallest absolute Gasteiger partial charge is 0.467 e. The number of hydrogen-bond acceptors (Lipinski definition) is 5. The van der Waals surface area contributed by atoms with Crippen LogP contribution in [0, 0.1) is 5.92 Å². The monoisotopic (exact) mass is 285 g/mol. The maximum atomic E-state index is 12.0. The van der Waals surface area contributed by atoms with E-state index in [0.29, 0.717) is 0 Å². The lowest BCUT2D eigenvalue weighted by atomic mass is 10.2. The van der Waals surface area contributed by atoms with Gasteiger partial charge in [0.2, 0.25) is 0 Å². The third-order valence-electron chi connectivity index (χ3n) is 1.91. The third kappa shape index (κ3) is 6.07. The van der Waals surface area contributed by atoms with Gasteiger partial charge in [-0.25, -0.2) is 4.79 Å². The van der Waals surface area contributed by atoms with Crippen molar-refractivity contribution in [2.24, 2.45) is 5.92 Å². The van der Waals surface area contributed by atoms with Crippen LogP contribution in [0.5, 0.6) is 0 Å². The van der Waals surface area contributed by atoms with E-state index in [0.717, 1.165) is 7.11 Å². The second-order valence-corrected chi connectivity index (χ2v) is 3.83. The maximum Gasteiger partial charge on any atom is 0.471 e. The van der Waals surface area contributed by atoms with E-state index in [2.05, 4.69) is 9.47 Å². The summed E-state index contributed by atoms with van der Waals surface area (Å²) < 4.78 is 44.9. The van der Waals surface area contributed by atoms with Gasteiger partial charge in [0, 0.05) is 0 Å². The first-order valence-corrected chi connectivity index (χ1v) is 5.21. The van der Waals surface area contributed by atoms with Gasteiger partial charge in [0.05, 0.1) is 13.0 Å². The molecule has 0 heterocycles. The summed E-state index contributed by atoms with van der Waals surface area (Å²) in [5, 5.41) is 1.39. The molecule has 6 nitrogen and oxygen atoms in total. The van der Waals surface area contributed by atoms with Crippen molar-refractivity contribution >= 4 is 17.8 Å². The quantitative estimate of drug-likeness (QED) is 0.740. The molecule has 0 fully saturated rings. The fourth-order valence-corrected chi connectivity index (χ4v) is 0.883. The summed E-state index contributed by atoms with van der Waals surface area (Å²) in [6.45, 7) is 2.28. The number of carbonyl (C=O) groups excluding carboxylic acids is 3. The van der Waals surface area contributed by atoms with Crippen LogP contribution >= 0.6 is 0 Å². The Morgan fingerprint density at radius 2 is 1.68 bits per heavy atom. The molecule has 0 aliphatic carbocycles. The number of hydrogen-bond donors (Lipinski definition) is 1. The van der Waals surface area contributed by atoms with Gasteiger partial charge < -0.3 is 14.8 Å². The fraction of sp³-hybridized carbons (Fsp3) is 0.700. The Morgan fingerprint density at radius 1 is 1.16 bits per heavy atom. The normalized spacial score (nSPS) is 12.8. The van der Waals surface area contributed by atoms with Crippen LogP contribution in [0.2, 0.25) is 0 Å². The van der Waals surface area contributed by atoms with Crippen molar-refractivity contribution in [2.45, 2.75) is 26.1 Å². The van der Waals surface area contributed by atoms with E-state index in [9.17, 15) is 27.6 Å². The molecule has 1 amide bonds. The standard InChI is InChI=1S/C10H14F3NO5/c1-5(2)7(15)19-4-6(8(16)18-3)14-9(17)10(11,12)13/h5-6H,4H2,1-3H3,(H,14,17). The van der Waals surface area contributed by atoms with Gasteiger partial charge in [-0.15, -0.1) is 0 Å². The van der Waals surface area contributed by atoms with E-state index in [4.69, 9.17) is 0 Å². The minimum absolute atomic E-state index is 0.517. The minimum atomic E-state index is -5.14. The molecule has 0 aromatic carbocycles. The van der Waals surface area contributed by atoms with E-state index < -0.39 is 42.6 Å². The Labute approximate surface area is 107 Å². The first-order valence-electron chi connectivity index (χ1n) is 5.21. The van der Waals surface area contributed by atoms with Crippen molar-refractivity contribution in [3.8, 4) is 0 Å². The molecule has 9 heteroatoms. The van der Waals surface area contributed by atoms with Crippen molar-refractivity contribution in [2.75, 3.05) is 13.7 Å². The minimum Gasteiger partial charge on any atom is -0.467 e. The zero-order valence-electron chi connectivity index (χ0n) is 10.5. The molecular formula is C10H14F3NO5. The van der Waals surface area contributed by atoms with E-state index in [1.165, 1.54) is 19.2 Å². The van der Waals surface area contributed by atoms with Crippen molar-refractivity contribution in [1.29, 1.82) is 0 Å². The Balaban J connectivity index is 4.62. The Kier molecular flexibility index (Phi) is 6.30. The first-order chi connectivity index (χ1) is 8.59. The van der Waals surface area contributed by atoms with Crippen LogP contribution in [0.15, 0.2) is 0 Å². The van der Waals surface area contributed by atoms with Gasteiger partial charge in [-0.1, -0.05) is 13.8 Å². The molecule has 1 N–H and O–H groups in total. The lowest BCUT2D eigenvalue weighted by molar-refractivity contribution is -0.176. The summed E-state index contributed by atoms with van der Waals surface area (Å²) in [5.41, 5.74) is 0. The molecule has 0 aliphatic heterocycles. The molecule has 0 aromatic rings. The number of ether oxygens (including phenoxy) is 2. The molecular weight excluding hydrogens is 271 g/mol. The highest BCUT2D eigenvalue weighted by atomic mass is 19.4. The molecule has 0 spiro atoms. The number of halogens is 3. The predicted octanol–water partition coefficient (Wildman–Crippen LogP) is 0.406. The SMILES string of the molecule is COC(=O)C(COC(=O)C(C)C)NC(=O)C(F)(F)F. The second-order valence-electron chi connectivity index (χ2n) is 3.83. The van der Waals surface area contributed by atoms with Crippen LogP contribution < -0.4 is 5.32 Å². The molecule has 1 atom stereocenters. The summed E-state index contributed by atoms with van der Waals surface area (Å²) in [6, 6.07) is -1.71. The zero-order chi connectivity index (χ0) is 15.2. The molecule has 19 heavy (non-hydrogen) atoms. The summed E-state index contributed by atoms with van der Waals surface area (Å²) in [5.74, 6) is -4.69. The van der Waals surface area contributed by atoms with Gasteiger partial charge in [0.25, 0.3) is 0 Å². The molecule has 0 saturated carbocycles. The van der Waals surface area contributed by atoms with E-state index in [1.807, 2.05) is 0 Å². The second kappa shape index (κ2) is 6.95. The van der Waals surface area contributed by atoms with Crippen LogP contribution in [0.3, 0.4) is 0 Å². The van der Waals surface area contributed by atoms with Gasteiger partial charge in [-0.3, -0.25) is 9.59 Å². The molecule has 0 rings (SSSR count). The van der Waals surface area contributed by atoms with Crippen LogP contribution in [0.25, 0.3) is 0 Å². The van der Waals surface area contributed by atoms with Gasteiger partial charge in [-0.2, -0.15) is 13.2 Å². The van der Waals surface area contributed by atoms with Crippen LogP contribution in [-0.2, 0) is 23.9 Å². The molecule has 0 bridgehead atoms. The maximum absolute atomic E-state index is 12.0. The van der Waals surface area contributed by atoms with Crippen molar-refractivity contribution in [1.82, 2.24) is 5.32 Å².